The summed E-state index contributed by atoms with van der Waals surface area (Å²) in [4.78, 5) is 0. The molecule has 0 aliphatic heterocycles. The number of nitrogens with one attached hydrogen (secondary N) is 1. The van der Waals surface area contributed by atoms with E-state index in [4.69, 9.17) is 0 Å². The van der Waals surface area contributed by atoms with Gasteiger partial charge in [0.15, 0.2) is 0 Å². The highest BCUT2D eigenvalue weighted by molar-refractivity contribution is 7.08. The van der Waals surface area contributed by atoms with Crippen molar-refractivity contribution in [1.29, 1.82) is 0 Å². The van der Waals surface area contributed by atoms with E-state index in [0.29, 0.717) is 0 Å². The molecule has 2 aromatic rings. The summed E-state index contributed by atoms with van der Waals surface area (Å²) in [6.45, 7) is 2.10. The predicted molar refractivity (Wildman–Crippen MR) is 63.2 cm³/mol. The number of hydrogen-bond donors (Lipinski definition) is 1. The maximum Gasteiger partial charge on any atom is 0.0616 e. The fourth-order valence-electron chi connectivity index (χ4n) is 1.74. The van der Waals surface area contributed by atoms with Crippen molar-refractivity contribution in [2.24, 2.45) is 7.05 Å². The summed E-state index contributed by atoms with van der Waals surface area (Å²) in [6, 6.07) is 2.41. The maximum absolute atomic E-state index is 4.27. The molecule has 2 aromatic heterocycles. The second-order valence-electron chi connectivity index (χ2n) is 3.59. The minimum Gasteiger partial charge on any atom is -0.309 e. The fraction of sp³-hybridized carbons (Fsp3) is 0.364. The van der Waals surface area contributed by atoms with E-state index in [1.54, 1.807) is 11.3 Å². The quantitative estimate of drug-likeness (QED) is 0.860. The summed E-state index contributed by atoms with van der Waals surface area (Å²) in [5, 5.41) is 11.9. The minimum absolute atomic E-state index is 0.255. The molecule has 0 bridgehead atoms. The third-order valence-electron chi connectivity index (χ3n) is 2.75. The highest BCUT2D eigenvalue weighted by atomic mass is 32.1. The van der Waals surface area contributed by atoms with Crippen molar-refractivity contribution >= 4 is 11.3 Å². The van der Waals surface area contributed by atoms with E-state index >= 15 is 0 Å². The van der Waals surface area contributed by atoms with E-state index in [0.717, 1.165) is 0 Å². The normalized spacial score (nSPS) is 13.0. The van der Waals surface area contributed by atoms with Crippen molar-refractivity contribution in [3.63, 3.8) is 0 Å². The van der Waals surface area contributed by atoms with Crippen molar-refractivity contribution in [3.05, 3.63) is 39.8 Å². The van der Waals surface area contributed by atoms with Gasteiger partial charge in [-0.2, -0.15) is 16.4 Å². The molecule has 1 atom stereocenters. The molecule has 15 heavy (non-hydrogen) atoms. The molecule has 0 spiro atoms. The molecule has 4 heteroatoms. The van der Waals surface area contributed by atoms with Crippen LogP contribution in [0.2, 0.25) is 0 Å². The highest BCUT2D eigenvalue weighted by Gasteiger charge is 2.16. The first-order valence-electron chi connectivity index (χ1n) is 4.92. The third kappa shape index (κ3) is 1.82. The first-order valence-corrected chi connectivity index (χ1v) is 5.86. The molecule has 3 nitrogen and oxygen atoms in total. The average Bonchev–Trinajstić information content (AvgIpc) is 2.84. The Hall–Kier alpha value is -1.13. The Morgan fingerprint density at radius 1 is 1.53 bits per heavy atom. The Morgan fingerprint density at radius 2 is 2.33 bits per heavy atom. The van der Waals surface area contributed by atoms with Gasteiger partial charge in [-0.25, -0.2) is 0 Å². The van der Waals surface area contributed by atoms with Crippen molar-refractivity contribution in [2.75, 3.05) is 7.05 Å². The Kier molecular flexibility index (Phi) is 2.88. The molecule has 0 aliphatic carbocycles. The SMILES string of the molecule is CNC(c1ccsc1)c1cnn(C)c1C. The molecule has 0 aromatic carbocycles. The van der Waals surface area contributed by atoms with Crippen molar-refractivity contribution in [3.8, 4) is 0 Å². The summed E-state index contributed by atoms with van der Waals surface area (Å²) >= 11 is 1.72. The van der Waals surface area contributed by atoms with Crippen molar-refractivity contribution < 1.29 is 0 Å². The molecule has 0 saturated carbocycles. The molecular formula is C11H15N3S. The van der Waals surface area contributed by atoms with Crippen LogP contribution in [0.25, 0.3) is 0 Å². The lowest BCUT2D eigenvalue weighted by molar-refractivity contribution is 0.681. The fourth-order valence-corrected chi connectivity index (χ4v) is 2.43. The summed E-state index contributed by atoms with van der Waals surface area (Å²) < 4.78 is 1.91. The van der Waals surface area contributed by atoms with E-state index < -0.39 is 0 Å². The third-order valence-corrected chi connectivity index (χ3v) is 3.45. The number of aryl methyl sites for hydroxylation is 1. The van der Waals surface area contributed by atoms with Crippen LogP contribution in [0.3, 0.4) is 0 Å². The van der Waals surface area contributed by atoms with Crippen LogP contribution in [0.1, 0.15) is 22.9 Å². The van der Waals surface area contributed by atoms with Gasteiger partial charge in [0.1, 0.15) is 0 Å². The molecule has 0 amide bonds. The van der Waals surface area contributed by atoms with Gasteiger partial charge >= 0.3 is 0 Å². The second-order valence-corrected chi connectivity index (χ2v) is 4.37. The lowest BCUT2D eigenvalue weighted by Gasteiger charge is -2.14. The van der Waals surface area contributed by atoms with E-state index in [2.05, 4.69) is 34.2 Å². The van der Waals surface area contributed by atoms with Gasteiger partial charge in [0.2, 0.25) is 0 Å². The zero-order valence-electron chi connectivity index (χ0n) is 9.19. The Labute approximate surface area is 93.7 Å². The number of nitrogens with zero attached hydrogens (tertiary/aromatic N) is 2. The van der Waals surface area contributed by atoms with Crippen LogP contribution < -0.4 is 5.32 Å². The van der Waals surface area contributed by atoms with Gasteiger partial charge in [0.25, 0.3) is 0 Å². The predicted octanol–water partition coefficient (Wildman–Crippen LogP) is 2.10. The summed E-state index contributed by atoms with van der Waals surface area (Å²) in [5.41, 5.74) is 3.76. The molecular weight excluding hydrogens is 206 g/mol. The molecule has 2 rings (SSSR count). The van der Waals surface area contributed by atoms with Crippen LogP contribution in [0.4, 0.5) is 0 Å². The molecule has 80 valence electrons. The Balaban J connectivity index is 2.40. The molecule has 0 radical (unpaired) electrons. The minimum atomic E-state index is 0.255. The average molecular weight is 221 g/mol. The smallest absolute Gasteiger partial charge is 0.0616 e. The standard InChI is InChI=1S/C11H15N3S/c1-8-10(6-13-14(8)3)11(12-2)9-4-5-15-7-9/h4-7,11-12H,1-3H3. The van der Waals surface area contributed by atoms with Gasteiger partial charge in [-0.1, -0.05) is 0 Å². The topological polar surface area (TPSA) is 29.9 Å². The summed E-state index contributed by atoms with van der Waals surface area (Å²) in [6.07, 6.45) is 1.94. The zero-order valence-corrected chi connectivity index (χ0v) is 10.0. The van der Waals surface area contributed by atoms with Crippen LogP contribution in [0.5, 0.6) is 0 Å². The number of thiophene rings is 1. The zero-order chi connectivity index (χ0) is 10.8. The lowest BCUT2D eigenvalue weighted by atomic mass is 10.0. The van der Waals surface area contributed by atoms with Gasteiger partial charge in [-0.05, 0) is 36.4 Å². The van der Waals surface area contributed by atoms with Crippen molar-refractivity contribution in [2.45, 2.75) is 13.0 Å². The Morgan fingerprint density at radius 3 is 2.80 bits per heavy atom. The first kappa shape index (κ1) is 10.4. The van der Waals surface area contributed by atoms with Crippen LogP contribution in [0, 0.1) is 6.92 Å². The van der Waals surface area contributed by atoms with E-state index in [1.807, 2.05) is 25.0 Å². The largest absolute Gasteiger partial charge is 0.309 e. The lowest BCUT2D eigenvalue weighted by Crippen LogP contribution is -2.17. The molecule has 1 unspecified atom stereocenters. The molecule has 2 heterocycles. The van der Waals surface area contributed by atoms with E-state index in [-0.39, 0.29) is 6.04 Å². The monoisotopic (exact) mass is 221 g/mol. The van der Waals surface area contributed by atoms with Crippen LogP contribution in [0.15, 0.2) is 23.0 Å². The number of rotatable bonds is 3. The van der Waals surface area contributed by atoms with Crippen LogP contribution in [-0.2, 0) is 7.05 Å². The molecule has 0 saturated heterocycles. The summed E-state index contributed by atoms with van der Waals surface area (Å²) in [5.74, 6) is 0. The number of hydrogen-bond acceptors (Lipinski definition) is 3. The molecule has 1 N–H and O–H groups in total. The van der Waals surface area contributed by atoms with Crippen molar-refractivity contribution in [1.82, 2.24) is 15.1 Å². The number of aromatic nitrogens is 2. The van der Waals surface area contributed by atoms with Gasteiger partial charge in [0.05, 0.1) is 12.2 Å². The van der Waals surface area contributed by atoms with E-state index in [9.17, 15) is 0 Å². The van der Waals surface area contributed by atoms with Gasteiger partial charge in [0, 0.05) is 18.3 Å². The maximum atomic E-state index is 4.27. The summed E-state index contributed by atoms with van der Waals surface area (Å²) in [7, 11) is 3.95. The van der Waals surface area contributed by atoms with Crippen LogP contribution in [-0.4, -0.2) is 16.8 Å². The van der Waals surface area contributed by atoms with E-state index in [1.165, 1.54) is 16.8 Å². The molecule has 0 fully saturated rings. The van der Waals surface area contributed by atoms with Crippen LogP contribution >= 0.6 is 11.3 Å². The first-order chi connectivity index (χ1) is 7.24. The second kappa shape index (κ2) is 4.16. The van der Waals surface area contributed by atoms with Gasteiger partial charge in [-0.15, -0.1) is 0 Å². The molecule has 0 aliphatic rings. The Bertz CT molecular complexity index is 431. The van der Waals surface area contributed by atoms with Gasteiger partial charge in [-0.3, -0.25) is 4.68 Å². The highest BCUT2D eigenvalue weighted by Crippen LogP contribution is 2.25. The van der Waals surface area contributed by atoms with Gasteiger partial charge < -0.3 is 5.32 Å².